The Morgan fingerprint density at radius 2 is 1.75 bits per heavy atom. The Morgan fingerprint density at radius 3 is 2.25 bits per heavy atom. The first-order valence-electron chi connectivity index (χ1n) is 7.94. The van der Waals surface area contributed by atoms with E-state index in [0.29, 0.717) is 12.6 Å². The fraction of sp³-hybridized carbons (Fsp3) is 0.500. The van der Waals surface area contributed by atoms with Crippen molar-refractivity contribution in [3.05, 3.63) is 35.9 Å². The van der Waals surface area contributed by atoms with Gasteiger partial charge in [0.05, 0.1) is 0 Å². The van der Waals surface area contributed by atoms with Crippen LogP contribution in [-0.4, -0.2) is 54.7 Å². The van der Waals surface area contributed by atoms with Gasteiger partial charge < -0.3 is 14.8 Å². The van der Waals surface area contributed by atoms with Gasteiger partial charge in [0.1, 0.15) is 12.6 Å². The third-order valence-corrected chi connectivity index (χ3v) is 4.15. The number of halogens is 6. The minimum atomic E-state index is -5.90. The molecule has 1 aromatic carbocycles. The number of esters is 1. The number of carbonyl (C=O) groups is 2. The van der Waals surface area contributed by atoms with E-state index in [1.807, 2.05) is 0 Å². The molecule has 0 aliphatic carbocycles. The second kappa shape index (κ2) is 7.86. The van der Waals surface area contributed by atoms with Gasteiger partial charge in [-0.1, -0.05) is 30.3 Å². The summed E-state index contributed by atoms with van der Waals surface area (Å²) in [7, 11) is 0.490. The highest BCUT2D eigenvalue weighted by Crippen LogP contribution is 2.51. The molecule has 0 bridgehead atoms. The number of likely N-dealkylation sites (N-methyl/N-ethyl adjacent to an activating group) is 1. The molecular weight excluding hydrogens is 398 g/mol. The lowest BCUT2D eigenvalue weighted by Gasteiger charge is -2.37. The van der Waals surface area contributed by atoms with Crippen molar-refractivity contribution in [1.82, 2.24) is 10.2 Å². The molecule has 0 aromatic heterocycles. The summed E-state index contributed by atoms with van der Waals surface area (Å²) >= 11 is 0. The molecule has 1 N–H and O–H groups in total. The average molecular weight is 414 g/mol. The van der Waals surface area contributed by atoms with Gasteiger partial charge in [0, 0.05) is 6.54 Å². The van der Waals surface area contributed by atoms with Gasteiger partial charge in [0.25, 0.3) is 0 Å². The lowest BCUT2D eigenvalue weighted by atomic mass is 10.1. The number of alkyl halides is 6. The summed E-state index contributed by atoms with van der Waals surface area (Å²) in [6.45, 7) is -0.479. The van der Waals surface area contributed by atoms with Crippen LogP contribution in [0.2, 0.25) is 0 Å². The van der Waals surface area contributed by atoms with Crippen LogP contribution >= 0.6 is 0 Å². The van der Waals surface area contributed by atoms with Crippen molar-refractivity contribution in [2.24, 2.45) is 0 Å². The van der Waals surface area contributed by atoms with Crippen LogP contribution in [0.1, 0.15) is 12.0 Å². The van der Waals surface area contributed by atoms with Crippen LogP contribution in [0.3, 0.4) is 0 Å². The third-order valence-electron chi connectivity index (χ3n) is 4.15. The standard InChI is InChI=1S/C16H16F6N2O4/c1-24-11(12(25)28-14(24,15(17,18)19)16(20,21)22)7-8-23-13(26)27-9-10-5-3-2-4-6-10/h2-6,11H,7-9H2,1H3,(H,23,26)/t11-/m0/s1. The number of nitrogens with zero attached hydrogens (tertiary/aromatic N) is 1. The fourth-order valence-corrected chi connectivity index (χ4v) is 2.74. The number of ether oxygens (including phenoxy) is 2. The van der Waals surface area contributed by atoms with E-state index in [9.17, 15) is 35.9 Å². The zero-order valence-electron chi connectivity index (χ0n) is 14.4. The molecule has 12 heteroatoms. The Labute approximate surface area is 155 Å². The summed E-state index contributed by atoms with van der Waals surface area (Å²) in [5, 5.41) is 2.17. The maximum Gasteiger partial charge on any atom is 0.453 e. The Bertz CT molecular complexity index is 693. The van der Waals surface area contributed by atoms with Gasteiger partial charge in [-0.05, 0) is 19.0 Å². The number of carbonyl (C=O) groups excluding carboxylic acids is 2. The molecule has 1 amide bonds. The molecule has 2 rings (SSSR count). The molecular formula is C16H16F6N2O4. The predicted octanol–water partition coefficient (Wildman–Crippen LogP) is 2.98. The first kappa shape index (κ1) is 21.8. The van der Waals surface area contributed by atoms with Gasteiger partial charge in [-0.2, -0.15) is 26.3 Å². The minimum Gasteiger partial charge on any atom is -0.445 e. The van der Waals surface area contributed by atoms with Crippen molar-refractivity contribution in [3.63, 3.8) is 0 Å². The van der Waals surface area contributed by atoms with Gasteiger partial charge in [-0.15, -0.1) is 0 Å². The molecule has 1 atom stereocenters. The molecule has 6 nitrogen and oxygen atoms in total. The van der Waals surface area contributed by atoms with Crippen molar-refractivity contribution in [2.45, 2.75) is 37.1 Å². The first-order chi connectivity index (χ1) is 12.9. The monoisotopic (exact) mass is 414 g/mol. The van der Waals surface area contributed by atoms with Crippen LogP contribution in [0.15, 0.2) is 30.3 Å². The normalized spacial score (nSPS) is 20.0. The SMILES string of the molecule is CN1[C@@H](CCNC(=O)OCc2ccccc2)C(=O)OC1(C(F)(F)F)C(F)(F)F. The summed E-state index contributed by atoms with van der Waals surface area (Å²) in [4.78, 5) is 23.0. The third kappa shape index (κ3) is 4.16. The topological polar surface area (TPSA) is 67.9 Å². The second-order valence-corrected chi connectivity index (χ2v) is 5.96. The molecule has 1 aliphatic heterocycles. The van der Waals surface area contributed by atoms with Crippen molar-refractivity contribution in [3.8, 4) is 0 Å². The molecule has 0 radical (unpaired) electrons. The number of alkyl carbamates (subject to hydrolysis) is 1. The highest BCUT2D eigenvalue weighted by molar-refractivity contribution is 5.79. The van der Waals surface area contributed by atoms with Crippen LogP contribution < -0.4 is 5.32 Å². The molecule has 0 spiro atoms. The summed E-state index contributed by atoms with van der Waals surface area (Å²) in [6.07, 6.45) is -13.3. The van der Waals surface area contributed by atoms with E-state index in [4.69, 9.17) is 4.74 Å². The first-order valence-corrected chi connectivity index (χ1v) is 7.94. The molecule has 1 aromatic rings. The van der Waals surface area contributed by atoms with Crippen LogP contribution in [0, 0.1) is 0 Å². The Morgan fingerprint density at radius 1 is 1.18 bits per heavy atom. The molecule has 1 fully saturated rings. The molecule has 28 heavy (non-hydrogen) atoms. The number of hydrogen-bond acceptors (Lipinski definition) is 5. The van der Waals surface area contributed by atoms with Crippen LogP contribution in [0.4, 0.5) is 31.1 Å². The average Bonchev–Trinajstić information content (AvgIpc) is 2.86. The number of hydrogen-bond donors (Lipinski definition) is 1. The summed E-state index contributed by atoms with van der Waals surface area (Å²) in [6, 6.07) is 6.70. The minimum absolute atomic E-state index is 0.0801. The highest BCUT2D eigenvalue weighted by atomic mass is 19.4. The molecule has 0 saturated carbocycles. The lowest BCUT2D eigenvalue weighted by Crippen LogP contribution is -2.65. The fourth-order valence-electron chi connectivity index (χ4n) is 2.74. The number of cyclic esters (lactones) is 1. The summed E-state index contributed by atoms with van der Waals surface area (Å²) in [5.74, 6) is -1.68. The Hall–Kier alpha value is -2.50. The van der Waals surface area contributed by atoms with Crippen LogP contribution in [0.5, 0.6) is 0 Å². The van der Waals surface area contributed by atoms with Crippen LogP contribution in [-0.2, 0) is 20.9 Å². The summed E-state index contributed by atoms with van der Waals surface area (Å²) < 4.78 is 87.2. The zero-order valence-corrected chi connectivity index (χ0v) is 14.4. The Balaban J connectivity index is 1.94. The predicted molar refractivity (Wildman–Crippen MR) is 81.7 cm³/mol. The number of amides is 1. The van der Waals surface area contributed by atoms with Crippen molar-refractivity contribution in [2.75, 3.05) is 13.6 Å². The largest absolute Gasteiger partial charge is 0.453 e. The second-order valence-electron chi connectivity index (χ2n) is 5.96. The molecule has 0 unspecified atom stereocenters. The summed E-state index contributed by atoms with van der Waals surface area (Å²) in [5.41, 5.74) is -4.05. The molecule has 1 saturated heterocycles. The molecule has 1 aliphatic rings. The number of nitrogens with one attached hydrogen (secondary N) is 1. The van der Waals surface area contributed by atoms with Crippen molar-refractivity contribution in [1.29, 1.82) is 0 Å². The maximum absolute atomic E-state index is 13.1. The van der Waals surface area contributed by atoms with E-state index in [1.165, 1.54) is 0 Å². The van der Waals surface area contributed by atoms with E-state index in [1.54, 1.807) is 30.3 Å². The van der Waals surface area contributed by atoms with E-state index in [-0.39, 0.29) is 11.5 Å². The van der Waals surface area contributed by atoms with Gasteiger partial charge in [-0.25, -0.2) is 9.69 Å². The Kier molecular flexibility index (Phi) is 6.12. The number of rotatable bonds is 5. The van der Waals surface area contributed by atoms with Gasteiger partial charge in [-0.3, -0.25) is 4.79 Å². The zero-order chi connectivity index (χ0) is 21.2. The van der Waals surface area contributed by atoms with Gasteiger partial charge >= 0.3 is 30.1 Å². The maximum atomic E-state index is 13.1. The van der Waals surface area contributed by atoms with Crippen LogP contribution in [0.25, 0.3) is 0 Å². The van der Waals surface area contributed by atoms with Crippen molar-refractivity contribution >= 4 is 12.1 Å². The van der Waals surface area contributed by atoms with E-state index in [2.05, 4.69) is 10.1 Å². The van der Waals surface area contributed by atoms with E-state index in [0.717, 1.165) is 0 Å². The quantitative estimate of drug-likeness (QED) is 0.593. The number of benzene rings is 1. The van der Waals surface area contributed by atoms with E-state index < -0.39 is 49.1 Å². The molecule has 156 valence electrons. The van der Waals surface area contributed by atoms with E-state index >= 15 is 0 Å². The van der Waals surface area contributed by atoms with Crippen molar-refractivity contribution < 1.29 is 45.4 Å². The van der Waals surface area contributed by atoms with Gasteiger partial charge in [0.2, 0.25) is 0 Å². The smallest absolute Gasteiger partial charge is 0.445 e. The molecule has 1 heterocycles. The van der Waals surface area contributed by atoms with Gasteiger partial charge in [0.15, 0.2) is 0 Å². The lowest BCUT2D eigenvalue weighted by molar-refractivity contribution is -0.398. The highest BCUT2D eigenvalue weighted by Gasteiger charge is 2.80.